The molecule has 3 N–H and O–H groups in total. The van der Waals surface area contributed by atoms with E-state index in [2.05, 4.69) is 31.3 Å². The molecule has 0 radical (unpaired) electrons. The van der Waals surface area contributed by atoms with Gasteiger partial charge in [-0.1, -0.05) is 22.0 Å². The lowest BCUT2D eigenvalue weighted by molar-refractivity contribution is -0.119. The van der Waals surface area contributed by atoms with E-state index in [0.717, 1.165) is 4.47 Å². The summed E-state index contributed by atoms with van der Waals surface area (Å²) in [6.07, 6.45) is 0.0900. The number of halogens is 1. The van der Waals surface area contributed by atoms with Gasteiger partial charge in [-0.05, 0) is 48.9 Å². The highest BCUT2D eigenvalue weighted by Gasteiger charge is 2.18. The third-order valence-corrected chi connectivity index (χ3v) is 5.64. The maximum absolute atomic E-state index is 12.7. The molecule has 0 bridgehead atoms. The summed E-state index contributed by atoms with van der Waals surface area (Å²) in [4.78, 5) is 22.8. The molecule has 0 aliphatic heterocycles. The topological polar surface area (TPSA) is 104 Å². The van der Waals surface area contributed by atoms with Crippen LogP contribution in [0.15, 0.2) is 51.8 Å². The van der Waals surface area contributed by atoms with Crippen LogP contribution in [0.5, 0.6) is 0 Å². The van der Waals surface area contributed by atoms with Crippen LogP contribution in [0.3, 0.4) is 0 Å². The fourth-order valence-corrected chi connectivity index (χ4v) is 3.87. The van der Waals surface area contributed by atoms with Crippen molar-refractivity contribution in [3.8, 4) is 0 Å². The summed E-state index contributed by atoms with van der Waals surface area (Å²) in [5.41, 5.74) is 1.35. The van der Waals surface area contributed by atoms with Crippen molar-refractivity contribution >= 4 is 49.1 Å². The Morgan fingerprint density at radius 1 is 1.04 bits per heavy atom. The second kappa shape index (κ2) is 9.01. The Hall–Kier alpha value is -2.39. The van der Waals surface area contributed by atoms with Crippen molar-refractivity contribution in [2.75, 3.05) is 16.6 Å². The molecule has 0 unspecified atom stereocenters. The third-order valence-electron chi connectivity index (χ3n) is 3.58. The highest BCUT2D eigenvalue weighted by molar-refractivity contribution is 9.10. The number of hydrogen-bond acceptors (Lipinski definition) is 4. The van der Waals surface area contributed by atoms with Crippen molar-refractivity contribution < 1.29 is 18.0 Å². The SMILES string of the molecule is CC(=O)NCCC(=O)Nc1ccc(C)c(S(=O)(=O)Nc2ccc(Br)cc2)c1. The molecule has 2 aromatic carbocycles. The summed E-state index contributed by atoms with van der Waals surface area (Å²) >= 11 is 3.30. The molecule has 0 saturated carbocycles. The molecule has 144 valence electrons. The smallest absolute Gasteiger partial charge is 0.262 e. The summed E-state index contributed by atoms with van der Waals surface area (Å²) in [6.45, 7) is 3.26. The van der Waals surface area contributed by atoms with E-state index in [1.54, 1.807) is 43.3 Å². The van der Waals surface area contributed by atoms with E-state index in [1.807, 2.05) is 0 Å². The quantitative estimate of drug-likeness (QED) is 0.598. The van der Waals surface area contributed by atoms with Crippen molar-refractivity contribution in [3.63, 3.8) is 0 Å². The van der Waals surface area contributed by atoms with E-state index in [0.29, 0.717) is 16.9 Å². The Labute approximate surface area is 166 Å². The molecule has 2 rings (SSSR count). The van der Waals surface area contributed by atoms with Crippen LogP contribution < -0.4 is 15.4 Å². The first kappa shape index (κ1) is 20.9. The van der Waals surface area contributed by atoms with E-state index < -0.39 is 10.0 Å². The van der Waals surface area contributed by atoms with Gasteiger partial charge in [0.2, 0.25) is 11.8 Å². The lowest BCUT2D eigenvalue weighted by atomic mass is 10.2. The first-order chi connectivity index (χ1) is 12.7. The maximum Gasteiger partial charge on any atom is 0.262 e. The zero-order valence-electron chi connectivity index (χ0n) is 14.9. The number of hydrogen-bond donors (Lipinski definition) is 3. The number of amides is 2. The number of carbonyl (C=O) groups is 2. The van der Waals surface area contributed by atoms with Gasteiger partial charge in [0.15, 0.2) is 0 Å². The second-order valence-electron chi connectivity index (χ2n) is 5.87. The molecule has 9 heteroatoms. The minimum atomic E-state index is -3.82. The van der Waals surface area contributed by atoms with Crippen LogP contribution in [-0.2, 0) is 19.6 Å². The van der Waals surface area contributed by atoms with Crippen molar-refractivity contribution in [2.24, 2.45) is 0 Å². The Morgan fingerprint density at radius 2 is 1.67 bits per heavy atom. The first-order valence-corrected chi connectivity index (χ1v) is 10.4. The number of aryl methyl sites for hydroxylation is 1. The normalized spacial score (nSPS) is 10.9. The van der Waals surface area contributed by atoms with E-state index in [4.69, 9.17) is 0 Å². The van der Waals surface area contributed by atoms with Crippen LogP contribution in [0.1, 0.15) is 18.9 Å². The molecule has 0 spiro atoms. The molecule has 0 aliphatic rings. The van der Waals surface area contributed by atoms with Gasteiger partial charge in [0.05, 0.1) is 4.90 Å². The van der Waals surface area contributed by atoms with Gasteiger partial charge < -0.3 is 10.6 Å². The van der Waals surface area contributed by atoms with Crippen LogP contribution in [0.4, 0.5) is 11.4 Å². The van der Waals surface area contributed by atoms with Crippen LogP contribution >= 0.6 is 15.9 Å². The molecule has 2 aromatic rings. The summed E-state index contributed by atoms with van der Waals surface area (Å²) in [5.74, 6) is -0.539. The van der Waals surface area contributed by atoms with Gasteiger partial charge >= 0.3 is 0 Å². The van der Waals surface area contributed by atoms with E-state index in [1.165, 1.54) is 13.0 Å². The molecular formula is C18H20BrN3O4S. The monoisotopic (exact) mass is 453 g/mol. The van der Waals surface area contributed by atoms with Gasteiger partial charge in [-0.3, -0.25) is 14.3 Å². The lowest BCUT2D eigenvalue weighted by Crippen LogP contribution is -2.25. The number of anilines is 2. The van der Waals surface area contributed by atoms with Crippen molar-refractivity contribution in [1.29, 1.82) is 0 Å². The number of rotatable bonds is 7. The van der Waals surface area contributed by atoms with Crippen LogP contribution in [0.2, 0.25) is 0 Å². The Morgan fingerprint density at radius 3 is 2.30 bits per heavy atom. The molecule has 0 atom stereocenters. The van der Waals surface area contributed by atoms with Crippen molar-refractivity contribution in [1.82, 2.24) is 5.32 Å². The Bertz CT molecular complexity index is 944. The van der Waals surface area contributed by atoms with Gasteiger partial charge in [0.1, 0.15) is 0 Å². The Balaban J connectivity index is 2.14. The average Bonchev–Trinajstić information content (AvgIpc) is 2.58. The summed E-state index contributed by atoms with van der Waals surface area (Å²) in [6, 6.07) is 11.4. The van der Waals surface area contributed by atoms with Crippen LogP contribution in [-0.4, -0.2) is 26.8 Å². The Kier molecular flexibility index (Phi) is 6.98. The van der Waals surface area contributed by atoms with Gasteiger partial charge in [-0.25, -0.2) is 8.42 Å². The molecule has 27 heavy (non-hydrogen) atoms. The van der Waals surface area contributed by atoms with Crippen molar-refractivity contribution in [3.05, 3.63) is 52.5 Å². The summed E-state index contributed by atoms with van der Waals surface area (Å²) < 4.78 is 28.8. The van der Waals surface area contributed by atoms with Crippen LogP contribution in [0, 0.1) is 6.92 Å². The number of carbonyl (C=O) groups excluding carboxylic acids is 2. The molecule has 0 saturated heterocycles. The summed E-state index contributed by atoms with van der Waals surface area (Å²) in [5, 5.41) is 5.17. The fourth-order valence-electron chi connectivity index (χ4n) is 2.27. The highest BCUT2D eigenvalue weighted by Crippen LogP contribution is 2.24. The molecule has 0 heterocycles. The average molecular weight is 454 g/mol. The standard InChI is InChI=1S/C18H20BrN3O4S/c1-12-3-6-16(21-18(24)9-10-20-13(2)23)11-17(12)27(25,26)22-15-7-4-14(19)5-8-15/h3-8,11,22H,9-10H2,1-2H3,(H,20,23)(H,21,24). The number of benzene rings is 2. The minimum absolute atomic E-state index is 0.0741. The van der Waals surface area contributed by atoms with Gasteiger partial charge in [-0.15, -0.1) is 0 Å². The van der Waals surface area contributed by atoms with E-state index in [9.17, 15) is 18.0 Å². The van der Waals surface area contributed by atoms with Gasteiger partial charge in [-0.2, -0.15) is 0 Å². The first-order valence-electron chi connectivity index (χ1n) is 8.11. The number of sulfonamides is 1. The maximum atomic E-state index is 12.7. The molecular weight excluding hydrogens is 434 g/mol. The third kappa shape index (κ3) is 6.37. The lowest BCUT2D eigenvalue weighted by Gasteiger charge is -2.13. The predicted octanol–water partition coefficient (Wildman–Crippen LogP) is 3.02. The minimum Gasteiger partial charge on any atom is -0.356 e. The van der Waals surface area contributed by atoms with Crippen LogP contribution in [0.25, 0.3) is 0 Å². The largest absolute Gasteiger partial charge is 0.356 e. The highest BCUT2D eigenvalue weighted by atomic mass is 79.9. The molecule has 0 aliphatic carbocycles. The molecule has 0 aromatic heterocycles. The molecule has 0 fully saturated rings. The van der Waals surface area contributed by atoms with Gasteiger partial charge in [0.25, 0.3) is 10.0 Å². The second-order valence-corrected chi connectivity index (χ2v) is 8.44. The van der Waals surface area contributed by atoms with Crippen molar-refractivity contribution in [2.45, 2.75) is 25.2 Å². The predicted molar refractivity (Wildman–Crippen MR) is 108 cm³/mol. The zero-order chi connectivity index (χ0) is 20.0. The van der Waals surface area contributed by atoms with E-state index in [-0.39, 0.29) is 29.7 Å². The summed E-state index contributed by atoms with van der Waals surface area (Å²) in [7, 11) is -3.82. The zero-order valence-corrected chi connectivity index (χ0v) is 17.3. The fraction of sp³-hybridized carbons (Fsp3) is 0.222. The molecule has 7 nitrogen and oxygen atoms in total. The van der Waals surface area contributed by atoms with Gasteiger partial charge in [0, 0.05) is 35.7 Å². The van der Waals surface area contributed by atoms with E-state index >= 15 is 0 Å². The molecule has 2 amide bonds. The number of nitrogens with one attached hydrogen (secondary N) is 3.